The number of aliphatic hydroxyl groups excluding tert-OH is 5. The van der Waals surface area contributed by atoms with Crippen molar-refractivity contribution in [3.63, 3.8) is 0 Å². The van der Waals surface area contributed by atoms with Crippen LogP contribution in [0.1, 0.15) is 31.2 Å². The van der Waals surface area contributed by atoms with Gasteiger partial charge < -0.3 is 45.4 Å². The fourth-order valence-electron chi connectivity index (χ4n) is 5.51. The van der Waals surface area contributed by atoms with Crippen LogP contribution in [0.4, 0.5) is 10.3 Å². The van der Waals surface area contributed by atoms with E-state index in [4.69, 9.17) is 21.4 Å². The molecule has 2 aliphatic heterocycles. The third kappa shape index (κ3) is 9.67. The van der Waals surface area contributed by atoms with Crippen LogP contribution in [-0.2, 0) is 11.2 Å². The van der Waals surface area contributed by atoms with Gasteiger partial charge in [0.1, 0.15) is 29.9 Å². The number of carbonyl (C=O) groups is 1. The Morgan fingerprint density at radius 3 is 2.41 bits per heavy atom. The number of carbonyl (C=O) groups excluding carboxylic acids is 1. The summed E-state index contributed by atoms with van der Waals surface area (Å²) in [6.07, 6.45) is 0.958. The number of hydrogen-bond acceptors (Lipinski definition) is 11. The van der Waals surface area contributed by atoms with Gasteiger partial charge in [0.2, 0.25) is 11.9 Å². The average Bonchev–Trinajstić information content (AvgIpc) is 3.01. The fourth-order valence-corrected chi connectivity index (χ4v) is 5.61. The molecule has 6 N–H and O–H groups in total. The number of piperidine rings is 1. The zero-order valence-electron chi connectivity index (χ0n) is 24.6. The highest BCUT2D eigenvalue weighted by Crippen LogP contribution is 2.25. The normalized spacial score (nSPS) is 18.9. The Morgan fingerprint density at radius 1 is 1.07 bits per heavy atom. The Kier molecular flexibility index (Phi) is 12.9. The van der Waals surface area contributed by atoms with Gasteiger partial charge in [-0.3, -0.25) is 4.79 Å². The molecule has 2 aliphatic rings. The summed E-state index contributed by atoms with van der Waals surface area (Å²) < 4.78 is 20.5. The molecule has 14 heteroatoms. The van der Waals surface area contributed by atoms with Gasteiger partial charge in [-0.2, -0.15) is 0 Å². The van der Waals surface area contributed by atoms with Crippen molar-refractivity contribution in [2.75, 3.05) is 57.4 Å². The Labute approximate surface area is 261 Å². The first kappa shape index (κ1) is 34.2. The minimum atomic E-state index is -1.67. The fraction of sp³-hybridized carbons (Fsp3) is 0.633. The van der Waals surface area contributed by atoms with E-state index in [0.717, 1.165) is 38.8 Å². The van der Waals surface area contributed by atoms with Crippen LogP contribution < -0.4 is 15.0 Å². The van der Waals surface area contributed by atoms with Gasteiger partial charge in [0, 0.05) is 51.3 Å². The molecule has 2 fully saturated rings. The largest absolute Gasteiger partial charge is 0.493 e. The molecule has 12 nitrogen and oxygen atoms in total. The number of aliphatic hydroxyl groups is 5. The van der Waals surface area contributed by atoms with Crippen molar-refractivity contribution in [2.45, 2.75) is 56.5 Å². The minimum Gasteiger partial charge on any atom is -0.493 e. The number of nitrogens with zero attached hydrogens (tertiary/aromatic N) is 4. The molecule has 3 heterocycles. The molecule has 4 unspecified atom stereocenters. The first-order chi connectivity index (χ1) is 21.1. The molecule has 0 spiro atoms. The van der Waals surface area contributed by atoms with Gasteiger partial charge in [0.05, 0.1) is 43.2 Å². The van der Waals surface area contributed by atoms with E-state index in [9.17, 15) is 29.6 Å². The van der Waals surface area contributed by atoms with Crippen LogP contribution in [0.15, 0.2) is 30.6 Å². The molecule has 1 aromatic heterocycles. The van der Waals surface area contributed by atoms with Gasteiger partial charge in [-0.1, -0.05) is 17.7 Å². The van der Waals surface area contributed by atoms with Crippen molar-refractivity contribution in [3.8, 4) is 5.75 Å². The number of halogens is 2. The van der Waals surface area contributed by atoms with E-state index in [1.165, 1.54) is 6.07 Å². The lowest BCUT2D eigenvalue weighted by Crippen LogP contribution is -2.55. The lowest BCUT2D eigenvalue weighted by atomic mass is 9.92. The summed E-state index contributed by atoms with van der Waals surface area (Å²) in [6, 6.07) is 4.60. The Morgan fingerprint density at radius 2 is 1.75 bits per heavy atom. The summed E-state index contributed by atoms with van der Waals surface area (Å²) in [5.41, 5.74) is 0.307. The molecule has 0 bridgehead atoms. The monoisotopic (exact) mass is 639 g/mol. The summed E-state index contributed by atoms with van der Waals surface area (Å²) in [7, 11) is 0. The number of aromatic nitrogens is 2. The zero-order chi connectivity index (χ0) is 31.6. The maximum Gasteiger partial charge on any atom is 0.227 e. The summed E-state index contributed by atoms with van der Waals surface area (Å²) in [5, 5.41) is 51.2. The highest BCUT2D eigenvalue weighted by atomic mass is 35.5. The molecule has 1 amide bonds. The van der Waals surface area contributed by atoms with Crippen molar-refractivity contribution in [1.82, 2.24) is 20.2 Å². The van der Waals surface area contributed by atoms with Crippen LogP contribution in [0.3, 0.4) is 0 Å². The van der Waals surface area contributed by atoms with E-state index in [1.54, 1.807) is 29.4 Å². The molecule has 2 saturated heterocycles. The molecule has 0 saturated carbocycles. The molecule has 2 aromatic rings. The summed E-state index contributed by atoms with van der Waals surface area (Å²) in [6.45, 7) is 2.92. The van der Waals surface area contributed by atoms with Crippen LogP contribution in [0, 0.1) is 17.7 Å². The van der Waals surface area contributed by atoms with E-state index in [-0.39, 0.29) is 24.8 Å². The Balaban J connectivity index is 1.08. The lowest BCUT2D eigenvalue weighted by Gasteiger charge is -2.39. The number of likely N-dealkylation sites (tertiary alicyclic amines) is 1. The van der Waals surface area contributed by atoms with Gasteiger partial charge in [0.15, 0.2) is 0 Å². The maximum atomic E-state index is 14.7. The standard InChI is InChI=1S/C30H43ClFN5O7/c31-22-13-34-30(35-14-22)36-7-5-19(6-8-36)2-1-9-44-23-4-3-21(24(32)11-23)10-27(41)37-16-20(17-37)12-33-15-25(39)28(42)29(43)26(40)18-38/h3-4,11,13-14,19-20,25-26,28-29,33,38-40,42-43H,1-2,5-10,12,15-18H2. The SMILES string of the molecule is O=C(Cc1ccc(OCCCC2CCN(c3ncc(Cl)cn3)CC2)cc1F)N1CC(CNCC(O)C(O)C(O)C(O)CO)C1. The molecule has 4 atom stereocenters. The van der Waals surface area contributed by atoms with E-state index < -0.39 is 36.8 Å². The molecule has 244 valence electrons. The van der Waals surface area contributed by atoms with Crippen LogP contribution in [0.2, 0.25) is 5.02 Å². The smallest absolute Gasteiger partial charge is 0.227 e. The van der Waals surface area contributed by atoms with Crippen LogP contribution >= 0.6 is 11.6 Å². The first-order valence-corrected chi connectivity index (χ1v) is 15.5. The van der Waals surface area contributed by atoms with Gasteiger partial charge in [0.25, 0.3) is 0 Å². The number of benzene rings is 1. The topological polar surface area (TPSA) is 172 Å². The molecule has 0 radical (unpaired) electrons. The van der Waals surface area contributed by atoms with Crippen LogP contribution in [-0.4, -0.2) is 123 Å². The zero-order valence-corrected chi connectivity index (χ0v) is 25.4. The molecular formula is C30H43ClFN5O7. The predicted octanol–water partition coefficient (Wildman–Crippen LogP) is 0.371. The number of rotatable bonds is 16. The van der Waals surface area contributed by atoms with E-state index in [2.05, 4.69) is 20.2 Å². The first-order valence-electron chi connectivity index (χ1n) is 15.1. The van der Waals surface area contributed by atoms with Gasteiger partial charge in [-0.05, 0) is 43.2 Å². The average molecular weight is 640 g/mol. The molecule has 4 rings (SSSR count). The third-order valence-electron chi connectivity index (χ3n) is 8.32. The second-order valence-electron chi connectivity index (χ2n) is 11.7. The minimum absolute atomic E-state index is 0.0409. The second kappa shape index (κ2) is 16.6. The van der Waals surface area contributed by atoms with Crippen molar-refractivity contribution < 1.29 is 39.5 Å². The number of nitrogens with one attached hydrogen (secondary N) is 1. The highest BCUT2D eigenvalue weighted by molar-refractivity contribution is 6.30. The third-order valence-corrected chi connectivity index (χ3v) is 8.51. The van der Waals surface area contributed by atoms with Crippen molar-refractivity contribution in [2.24, 2.45) is 11.8 Å². The maximum absolute atomic E-state index is 14.7. The molecule has 1 aromatic carbocycles. The lowest BCUT2D eigenvalue weighted by molar-refractivity contribution is -0.136. The summed E-state index contributed by atoms with van der Waals surface area (Å²) in [5.74, 6) is 1.20. The quantitative estimate of drug-likeness (QED) is 0.140. The molecule has 44 heavy (non-hydrogen) atoms. The second-order valence-corrected chi connectivity index (χ2v) is 12.1. The number of hydrogen-bond donors (Lipinski definition) is 6. The van der Waals surface area contributed by atoms with E-state index in [0.29, 0.717) is 54.4 Å². The van der Waals surface area contributed by atoms with Crippen LogP contribution in [0.25, 0.3) is 0 Å². The highest BCUT2D eigenvalue weighted by Gasteiger charge is 2.32. The van der Waals surface area contributed by atoms with Crippen molar-refractivity contribution in [1.29, 1.82) is 0 Å². The Hall–Kier alpha value is -2.65. The predicted molar refractivity (Wildman–Crippen MR) is 161 cm³/mol. The molecule has 0 aliphatic carbocycles. The van der Waals surface area contributed by atoms with Gasteiger partial charge >= 0.3 is 0 Å². The number of amides is 1. The number of ether oxygens (including phenoxy) is 1. The number of anilines is 1. The Bertz CT molecular complexity index is 1180. The van der Waals surface area contributed by atoms with Gasteiger partial charge in [-0.15, -0.1) is 0 Å². The van der Waals surface area contributed by atoms with Crippen molar-refractivity contribution in [3.05, 3.63) is 47.0 Å². The molecular weight excluding hydrogens is 597 g/mol. The summed E-state index contributed by atoms with van der Waals surface area (Å²) >= 11 is 5.87. The van der Waals surface area contributed by atoms with E-state index >= 15 is 0 Å². The van der Waals surface area contributed by atoms with Gasteiger partial charge in [-0.25, -0.2) is 14.4 Å². The van der Waals surface area contributed by atoms with Crippen LogP contribution in [0.5, 0.6) is 5.75 Å². The van der Waals surface area contributed by atoms with E-state index in [1.807, 2.05) is 0 Å². The summed E-state index contributed by atoms with van der Waals surface area (Å²) in [4.78, 5) is 25.0. The van der Waals surface area contributed by atoms with Crippen molar-refractivity contribution >= 4 is 23.5 Å².